The summed E-state index contributed by atoms with van der Waals surface area (Å²) in [6, 6.07) is 4.25. The largest absolute Gasteiger partial charge is 0.371 e. The Morgan fingerprint density at radius 1 is 1.53 bits per heavy atom. The molecule has 3 nitrogen and oxygen atoms in total. The first-order chi connectivity index (χ1) is 8.15. The van der Waals surface area contributed by atoms with Crippen molar-refractivity contribution < 1.29 is 13.9 Å². The van der Waals surface area contributed by atoms with Gasteiger partial charge in [-0.2, -0.15) is 0 Å². The van der Waals surface area contributed by atoms with Gasteiger partial charge in [-0.05, 0) is 59.5 Å². The van der Waals surface area contributed by atoms with Gasteiger partial charge in [-0.3, -0.25) is 4.79 Å². The molecule has 0 atom stereocenters. The van der Waals surface area contributed by atoms with Crippen LogP contribution in [0.5, 0.6) is 0 Å². The van der Waals surface area contributed by atoms with E-state index in [1.807, 2.05) is 22.6 Å². The van der Waals surface area contributed by atoms with Crippen LogP contribution in [0.2, 0.25) is 0 Å². The molecule has 1 saturated carbocycles. The van der Waals surface area contributed by atoms with Crippen molar-refractivity contribution in [3.63, 3.8) is 0 Å². The maximum absolute atomic E-state index is 12.8. The molecule has 0 aliphatic heterocycles. The SMILES string of the molecule is O=C(COCC1CC1)Nc1ccc(F)cc1I. The average molecular weight is 349 g/mol. The molecule has 0 spiro atoms. The third-order valence-corrected chi connectivity index (χ3v) is 3.38. The highest BCUT2D eigenvalue weighted by Crippen LogP contribution is 2.28. The molecular weight excluding hydrogens is 336 g/mol. The molecule has 0 unspecified atom stereocenters. The summed E-state index contributed by atoms with van der Waals surface area (Å²) >= 11 is 1.98. The minimum atomic E-state index is -0.308. The molecule has 92 valence electrons. The van der Waals surface area contributed by atoms with E-state index in [-0.39, 0.29) is 18.3 Å². The van der Waals surface area contributed by atoms with Gasteiger partial charge < -0.3 is 10.1 Å². The molecule has 1 aromatic carbocycles. The average Bonchev–Trinajstić information content (AvgIpc) is 3.06. The van der Waals surface area contributed by atoms with Gasteiger partial charge in [0.2, 0.25) is 5.91 Å². The van der Waals surface area contributed by atoms with Gasteiger partial charge in [0.05, 0.1) is 12.3 Å². The minimum absolute atomic E-state index is 0.0595. The quantitative estimate of drug-likeness (QED) is 0.831. The molecule has 1 N–H and O–H groups in total. The zero-order valence-electron chi connectivity index (χ0n) is 9.21. The lowest BCUT2D eigenvalue weighted by atomic mass is 10.3. The molecule has 2 rings (SSSR count). The Bertz CT molecular complexity index is 421. The number of nitrogens with one attached hydrogen (secondary N) is 1. The fraction of sp³-hybridized carbons (Fsp3) is 0.417. The molecule has 1 aromatic rings. The fourth-order valence-corrected chi connectivity index (χ4v) is 1.99. The minimum Gasteiger partial charge on any atom is -0.371 e. The van der Waals surface area contributed by atoms with Gasteiger partial charge in [0.25, 0.3) is 0 Å². The van der Waals surface area contributed by atoms with Crippen molar-refractivity contribution >= 4 is 34.2 Å². The third kappa shape index (κ3) is 4.23. The Kier molecular flexibility index (Phi) is 4.33. The predicted molar refractivity (Wildman–Crippen MR) is 71.3 cm³/mol. The fourth-order valence-electron chi connectivity index (χ4n) is 1.38. The maximum Gasteiger partial charge on any atom is 0.250 e. The molecule has 0 heterocycles. The smallest absolute Gasteiger partial charge is 0.250 e. The molecule has 0 saturated heterocycles. The first kappa shape index (κ1) is 12.8. The molecule has 1 amide bonds. The molecule has 0 aromatic heterocycles. The lowest BCUT2D eigenvalue weighted by Crippen LogP contribution is -2.19. The van der Waals surface area contributed by atoms with E-state index in [1.165, 1.54) is 25.0 Å². The van der Waals surface area contributed by atoms with Crippen LogP contribution in [0.15, 0.2) is 18.2 Å². The molecule has 0 radical (unpaired) electrons. The van der Waals surface area contributed by atoms with Crippen LogP contribution in [0.25, 0.3) is 0 Å². The van der Waals surface area contributed by atoms with Gasteiger partial charge in [-0.1, -0.05) is 0 Å². The second-order valence-electron chi connectivity index (χ2n) is 4.13. The van der Waals surface area contributed by atoms with Gasteiger partial charge >= 0.3 is 0 Å². The molecule has 17 heavy (non-hydrogen) atoms. The highest BCUT2D eigenvalue weighted by atomic mass is 127. The first-order valence-corrected chi connectivity index (χ1v) is 6.55. The lowest BCUT2D eigenvalue weighted by Gasteiger charge is -2.07. The molecule has 1 aliphatic rings. The number of anilines is 1. The van der Waals surface area contributed by atoms with E-state index in [9.17, 15) is 9.18 Å². The number of halogens is 2. The van der Waals surface area contributed by atoms with Crippen molar-refractivity contribution in [3.05, 3.63) is 27.6 Å². The van der Waals surface area contributed by atoms with E-state index in [2.05, 4.69) is 5.32 Å². The molecular formula is C12H13FINO2. The van der Waals surface area contributed by atoms with Crippen molar-refractivity contribution in [3.8, 4) is 0 Å². The first-order valence-electron chi connectivity index (χ1n) is 5.48. The Balaban J connectivity index is 1.79. The van der Waals surface area contributed by atoms with Crippen molar-refractivity contribution in [1.29, 1.82) is 0 Å². The van der Waals surface area contributed by atoms with Crippen LogP contribution >= 0.6 is 22.6 Å². The van der Waals surface area contributed by atoms with E-state index in [0.717, 1.165) is 0 Å². The van der Waals surface area contributed by atoms with Gasteiger partial charge in [0.1, 0.15) is 12.4 Å². The summed E-state index contributed by atoms with van der Waals surface area (Å²) in [5.74, 6) is 0.140. The van der Waals surface area contributed by atoms with E-state index < -0.39 is 0 Å². The Morgan fingerprint density at radius 2 is 2.29 bits per heavy atom. The Hall–Kier alpha value is -0.690. The van der Waals surface area contributed by atoms with Gasteiger partial charge in [0, 0.05) is 3.57 Å². The number of hydrogen-bond acceptors (Lipinski definition) is 2. The van der Waals surface area contributed by atoms with Gasteiger partial charge in [-0.15, -0.1) is 0 Å². The van der Waals surface area contributed by atoms with E-state index in [1.54, 1.807) is 6.07 Å². The number of carbonyl (C=O) groups is 1. The van der Waals surface area contributed by atoms with E-state index in [4.69, 9.17) is 4.74 Å². The number of amides is 1. The molecule has 0 bridgehead atoms. The Morgan fingerprint density at radius 3 is 2.94 bits per heavy atom. The van der Waals surface area contributed by atoms with Crippen molar-refractivity contribution in [2.75, 3.05) is 18.5 Å². The van der Waals surface area contributed by atoms with Crippen molar-refractivity contribution in [2.24, 2.45) is 5.92 Å². The summed E-state index contributed by atoms with van der Waals surface area (Å²) in [6.07, 6.45) is 2.41. The normalized spacial score (nSPS) is 14.7. The summed E-state index contributed by atoms with van der Waals surface area (Å²) in [5, 5.41) is 2.69. The Labute approximate surface area is 113 Å². The standard InChI is InChI=1S/C12H13FINO2/c13-9-3-4-11(10(14)5-9)15-12(16)7-17-6-8-1-2-8/h3-5,8H,1-2,6-7H2,(H,15,16). The van der Waals surface area contributed by atoms with Crippen LogP contribution in [-0.2, 0) is 9.53 Å². The van der Waals surface area contributed by atoms with E-state index in [0.29, 0.717) is 21.8 Å². The second kappa shape index (κ2) is 5.77. The van der Waals surface area contributed by atoms with Crippen molar-refractivity contribution in [2.45, 2.75) is 12.8 Å². The van der Waals surface area contributed by atoms with Crippen LogP contribution in [0.4, 0.5) is 10.1 Å². The predicted octanol–water partition coefficient (Wildman–Crippen LogP) is 2.80. The van der Waals surface area contributed by atoms with Crippen LogP contribution in [0.1, 0.15) is 12.8 Å². The zero-order chi connectivity index (χ0) is 12.3. The summed E-state index contributed by atoms with van der Waals surface area (Å²) in [5.41, 5.74) is 0.618. The topological polar surface area (TPSA) is 38.3 Å². The maximum atomic E-state index is 12.8. The number of benzene rings is 1. The highest BCUT2D eigenvalue weighted by Gasteiger charge is 2.21. The monoisotopic (exact) mass is 349 g/mol. The number of hydrogen-bond donors (Lipinski definition) is 1. The van der Waals surface area contributed by atoms with Crippen LogP contribution in [0.3, 0.4) is 0 Å². The summed E-state index contributed by atoms with van der Waals surface area (Å²) in [4.78, 5) is 11.5. The van der Waals surface area contributed by atoms with Crippen molar-refractivity contribution in [1.82, 2.24) is 0 Å². The zero-order valence-corrected chi connectivity index (χ0v) is 11.4. The van der Waals surface area contributed by atoms with Gasteiger partial charge in [0.15, 0.2) is 0 Å². The lowest BCUT2D eigenvalue weighted by molar-refractivity contribution is -0.120. The molecule has 5 heteroatoms. The van der Waals surface area contributed by atoms with Crippen LogP contribution in [-0.4, -0.2) is 19.1 Å². The van der Waals surface area contributed by atoms with Gasteiger partial charge in [-0.25, -0.2) is 4.39 Å². The summed E-state index contributed by atoms with van der Waals surface area (Å²) < 4.78 is 18.8. The van der Waals surface area contributed by atoms with E-state index >= 15 is 0 Å². The summed E-state index contributed by atoms with van der Waals surface area (Å²) in [6.45, 7) is 0.720. The van der Waals surface area contributed by atoms with Crippen LogP contribution < -0.4 is 5.32 Å². The third-order valence-electron chi connectivity index (χ3n) is 2.49. The highest BCUT2D eigenvalue weighted by molar-refractivity contribution is 14.1. The number of ether oxygens (including phenoxy) is 1. The number of carbonyl (C=O) groups excluding carboxylic acids is 1. The van der Waals surface area contributed by atoms with Crippen LogP contribution in [0, 0.1) is 15.3 Å². The number of rotatable bonds is 5. The molecule has 1 fully saturated rings. The second-order valence-corrected chi connectivity index (χ2v) is 5.29. The molecule has 1 aliphatic carbocycles. The summed E-state index contributed by atoms with van der Waals surface area (Å²) in [7, 11) is 0.